The van der Waals surface area contributed by atoms with Crippen molar-refractivity contribution < 1.29 is 9.00 Å². The Morgan fingerprint density at radius 3 is 2.55 bits per heavy atom. The molecule has 4 heteroatoms. The maximum absolute atomic E-state index is 11.6. The molecule has 1 aliphatic heterocycles. The molecule has 0 fully saturated rings. The van der Waals surface area contributed by atoms with Crippen molar-refractivity contribution in [3.63, 3.8) is 0 Å². The minimum atomic E-state index is -0.978. The highest BCUT2D eigenvalue weighted by molar-refractivity contribution is 7.99. The molecule has 0 saturated carbocycles. The maximum atomic E-state index is 11.6. The zero-order valence-corrected chi connectivity index (χ0v) is 12.5. The minimum absolute atomic E-state index is 0.680. The van der Waals surface area contributed by atoms with Gasteiger partial charge in [0.15, 0.2) is 0 Å². The van der Waals surface area contributed by atoms with E-state index in [0.717, 1.165) is 32.1 Å². The molecule has 0 amide bonds. The summed E-state index contributed by atoms with van der Waals surface area (Å²) in [6.45, 7) is 0. The summed E-state index contributed by atoms with van der Waals surface area (Å²) < 4.78 is 11.6. The summed E-state index contributed by atoms with van der Waals surface area (Å²) in [5.74, 6) is 0. The maximum Gasteiger partial charge on any atom is 0.150 e. The molecule has 0 bridgehead atoms. The summed E-state index contributed by atoms with van der Waals surface area (Å²) >= 11 is 1.63. The molecular formula is C16H12O2S2. The Hall–Kier alpha value is -1.65. The average molecular weight is 300 g/mol. The molecule has 0 radical (unpaired) electrons. The quantitative estimate of drug-likeness (QED) is 0.674. The van der Waals surface area contributed by atoms with Crippen LogP contribution in [-0.4, -0.2) is 16.8 Å². The normalized spacial score (nSPS) is 14.1. The summed E-state index contributed by atoms with van der Waals surface area (Å²) in [4.78, 5) is 13.9. The van der Waals surface area contributed by atoms with Gasteiger partial charge in [-0.3, -0.25) is 9.00 Å². The molecule has 1 heterocycles. The lowest BCUT2D eigenvalue weighted by Gasteiger charge is -2.07. The molecule has 0 aromatic heterocycles. The first-order valence-corrected chi connectivity index (χ1v) is 8.47. The molecule has 1 unspecified atom stereocenters. The third-order valence-electron chi connectivity index (χ3n) is 3.15. The number of fused-ring (bicyclic) bond motifs is 2. The minimum Gasteiger partial charge on any atom is -0.298 e. The summed E-state index contributed by atoms with van der Waals surface area (Å²) in [6.07, 6.45) is 6.61. The van der Waals surface area contributed by atoms with Crippen LogP contribution in [0.5, 0.6) is 0 Å². The lowest BCUT2D eigenvalue weighted by molar-refractivity contribution is 0.112. The first-order chi connectivity index (χ1) is 9.67. The predicted molar refractivity (Wildman–Crippen MR) is 83.7 cm³/mol. The lowest BCUT2D eigenvalue weighted by Crippen LogP contribution is -1.89. The molecule has 2 aromatic rings. The van der Waals surface area contributed by atoms with E-state index in [1.54, 1.807) is 18.0 Å². The highest BCUT2D eigenvalue weighted by Gasteiger charge is 2.12. The van der Waals surface area contributed by atoms with Gasteiger partial charge >= 0.3 is 0 Å². The summed E-state index contributed by atoms with van der Waals surface area (Å²) in [5.41, 5.74) is 2.84. The molecule has 3 rings (SSSR count). The highest BCUT2D eigenvalue weighted by atomic mass is 32.2. The van der Waals surface area contributed by atoms with Crippen LogP contribution in [0.1, 0.15) is 21.5 Å². The standard InChI is InChI=1S/C16H12O2S2/c1-20(18)14-6-7-15-13(9-14)5-4-12-3-2-11(10-17)8-16(12)19-15/h2-10H,1H3. The van der Waals surface area contributed by atoms with Crippen LogP contribution in [0.25, 0.3) is 12.2 Å². The van der Waals surface area contributed by atoms with Gasteiger partial charge in [0.2, 0.25) is 0 Å². The SMILES string of the molecule is CS(=O)c1ccc2c(c1)C=Cc1ccc(C=O)cc1S2. The molecule has 0 saturated heterocycles. The van der Waals surface area contributed by atoms with Crippen molar-refractivity contribution in [3.8, 4) is 0 Å². The Morgan fingerprint density at radius 2 is 1.80 bits per heavy atom. The highest BCUT2D eigenvalue weighted by Crippen LogP contribution is 2.38. The van der Waals surface area contributed by atoms with Crippen molar-refractivity contribution in [2.24, 2.45) is 0 Å². The van der Waals surface area contributed by atoms with Gasteiger partial charge in [-0.1, -0.05) is 36.0 Å². The van der Waals surface area contributed by atoms with Gasteiger partial charge in [0.1, 0.15) is 6.29 Å². The summed E-state index contributed by atoms with van der Waals surface area (Å²) in [6, 6.07) is 11.5. The molecular weight excluding hydrogens is 288 g/mol. The number of aldehydes is 1. The van der Waals surface area contributed by atoms with E-state index in [-0.39, 0.29) is 0 Å². The van der Waals surface area contributed by atoms with Crippen molar-refractivity contribution >= 4 is 41.0 Å². The van der Waals surface area contributed by atoms with Gasteiger partial charge in [0.05, 0.1) is 0 Å². The fourth-order valence-electron chi connectivity index (χ4n) is 2.08. The molecule has 1 atom stereocenters. The van der Waals surface area contributed by atoms with Crippen LogP contribution < -0.4 is 0 Å². The zero-order valence-electron chi connectivity index (χ0n) is 10.8. The van der Waals surface area contributed by atoms with E-state index in [0.29, 0.717) is 5.56 Å². The fourth-order valence-corrected chi connectivity index (χ4v) is 3.70. The topological polar surface area (TPSA) is 34.1 Å². The monoisotopic (exact) mass is 300 g/mol. The second-order valence-corrected chi connectivity index (χ2v) is 6.97. The van der Waals surface area contributed by atoms with Gasteiger partial charge < -0.3 is 0 Å². The molecule has 1 aliphatic rings. The van der Waals surface area contributed by atoms with E-state index in [1.807, 2.05) is 48.6 Å². The van der Waals surface area contributed by atoms with Crippen LogP contribution in [0.15, 0.2) is 51.1 Å². The van der Waals surface area contributed by atoms with Crippen molar-refractivity contribution in [1.82, 2.24) is 0 Å². The Morgan fingerprint density at radius 1 is 1.00 bits per heavy atom. The smallest absolute Gasteiger partial charge is 0.150 e. The summed E-state index contributed by atoms with van der Waals surface area (Å²) in [7, 11) is -0.978. The van der Waals surface area contributed by atoms with E-state index < -0.39 is 10.8 Å². The number of carbonyl (C=O) groups is 1. The molecule has 20 heavy (non-hydrogen) atoms. The van der Waals surface area contributed by atoms with Gasteiger partial charge in [-0.2, -0.15) is 0 Å². The van der Waals surface area contributed by atoms with Crippen molar-refractivity contribution in [1.29, 1.82) is 0 Å². The van der Waals surface area contributed by atoms with Crippen molar-refractivity contribution in [3.05, 3.63) is 53.1 Å². The Bertz CT molecular complexity index is 748. The number of carbonyl (C=O) groups excluding carboxylic acids is 1. The molecule has 2 aromatic carbocycles. The van der Waals surface area contributed by atoms with E-state index in [4.69, 9.17) is 0 Å². The van der Waals surface area contributed by atoms with Crippen molar-refractivity contribution in [2.75, 3.05) is 6.26 Å². The number of benzene rings is 2. The average Bonchev–Trinajstić information content (AvgIpc) is 2.64. The second kappa shape index (κ2) is 5.38. The van der Waals surface area contributed by atoms with Gasteiger partial charge in [-0.15, -0.1) is 0 Å². The molecule has 0 aliphatic carbocycles. The van der Waals surface area contributed by atoms with Gasteiger partial charge in [-0.05, 0) is 35.4 Å². The summed E-state index contributed by atoms with van der Waals surface area (Å²) in [5, 5.41) is 0. The van der Waals surface area contributed by atoms with E-state index in [1.165, 1.54) is 0 Å². The van der Waals surface area contributed by atoms with Crippen LogP contribution in [-0.2, 0) is 10.8 Å². The van der Waals surface area contributed by atoms with E-state index in [2.05, 4.69) is 0 Å². The van der Waals surface area contributed by atoms with Crippen molar-refractivity contribution in [2.45, 2.75) is 14.7 Å². The van der Waals surface area contributed by atoms with Crippen LogP contribution in [0.4, 0.5) is 0 Å². The molecule has 0 spiro atoms. The Kier molecular flexibility index (Phi) is 3.59. The van der Waals surface area contributed by atoms with Crippen LogP contribution in [0.2, 0.25) is 0 Å². The van der Waals surface area contributed by atoms with Crippen LogP contribution in [0, 0.1) is 0 Å². The molecule has 0 N–H and O–H groups in total. The Labute approximate surface area is 124 Å². The predicted octanol–water partition coefficient (Wildman–Crippen LogP) is 3.87. The third-order valence-corrected chi connectivity index (χ3v) is 5.23. The largest absolute Gasteiger partial charge is 0.298 e. The lowest BCUT2D eigenvalue weighted by atomic mass is 10.1. The first-order valence-electron chi connectivity index (χ1n) is 6.10. The first kappa shape index (κ1) is 13.3. The van der Waals surface area contributed by atoms with E-state index in [9.17, 15) is 9.00 Å². The van der Waals surface area contributed by atoms with Crippen LogP contribution in [0.3, 0.4) is 0 Å². The Balaban J connectivity index is 2.10. The number of hydrogen-bond donors (Lipinski definition) is 0. The van der Waals surface area contributed by atoms with Gasteiger partial charge in [0.25, 0.3) is 0 Å². The second-order valence-electron chi connectivity index (χ2n) is 4.50. The number of hydrogen-bond acceptors (Lipinski definition) is 3. The number of rotatable bonds is 2. The third kappa shape index (κ3) is 2.49. The van der Waals surface area contributed by atoms with Crippen LogP contribution >= 0.6 is 11.8 Å². The molecule has 2 nitrogen and oxygen atoms in total. The van der Waals surface area contributed by atoms with Gasteiger partial charge in [-0.25, -0.2) is 0 Å². The fraction of sp³-hybridized carbons (Fsp3) is 0.0625. The van der Waals surface area contributed by atoms with Gasteiger partial charge in [0, 0.05) is 37.3 Å². The van der Waals surface area contributed by atoms with E-state index >= 15 is 0 Å². The molecule has 100 valence electrons. The zero-order chi connectivity index (χ0) is 14.1.